The van der Waals surface area contributed by atoms with Gasteiger partial charge in [0.05, 0.1) is 6.42 Å². The highest BCUT2D eigenvalue weighted by molar-refractivity contribution is 5.76. The number of carboxylic acid groups (broad SMARTS) is 1. The van der Waals surface area contributed by atoms with Crippen LogP contribution in [0.15, 0.2) is 0 Å². The van der Waals surface area contributed by atoms with Gasteiger partial charge in [0.15, 0.2) is 0 Å². The second-order valence-corrected chi connectivity index (χ2v) is 4.26. The Labute approximate surface area is 96.0 Å². The van der Waals surface area contributed by atoms with Gasteiger partial charge in [-0.15, -0.1) is 0 Å². The van der Waals surface area contributed by atoms with E-state index < -0.39 is 5.97 Å². The van der Waals surface area contributed by atoms with Crippen LogP contribution in [-0.4, -0.2) is 60.0 Å². The number of amides is 1. The Morgan fingerprint density at radius 2 is 1.88 bits per heavy atom. The predicted molar refractivity (Wildman–Crippen MR) is 60.2 cm³/mol. The van der Waals surface area contributed by atoms with E-state index in [1.165, 1.54) is 17.7 Å². The van der Waals surface area contributed by atoms with Gasteiger partial charge in [0.2, 0.25) is 5.91 Å². The van der Waals surface area contributed by atoms with Crippen LogP contribution in [0.4, 0.5) is 0 Å². The van der Waals surface area contributed by atoms with Gasteiger partial charge in [0.25, 0.3) is 0 Å². The maximum Gasteiger partial charge on any atom is 0.305 e. The molecule has 5 nitrogen and oxygen atoms in total. The summed E-state index contributed by atoms with van der Waals surface area (Å²) < 4.78 is 0. The van der Waals surface area contributed by atoms with Crippen molar-refractivity contribution in [2.75, 3.05) is 33.2 Å². The summed E-state index contributed by atoms with van der Waals surface area (Å²) in [6.07, 6.45) is 2.97. The lowest BCUT2D eigenvalue weighted by Gasteiger charge is -2.19. The largest absolute Gasteiger partial charge is 0.481 e. The van der Waals surface area contributed by atoms with Gasteiger partial charge in [-0.05, 0) is 25.9 Å². The van der Waals surface area contributed by atoms with Gasteiger partial charge in [-0.2, -0.15) is 0 Å². The molecule has 92 valence electrons. The third kappa shape index (κ3) is 4.61. The number of carbonyl (C=O) groups excluding carboxylic acids is 1. The molecule has 1 saturated heterocycles. The molecule has 1 aliphatic heterocycles. The van der Waals surface area contributed by atoms with Crippen molar-refractivity contribution in [2.24, 2.45) is 0 Å². The summed E-state index contributed by atoms with van der Waals surface area (Å²) >= 11 is 0. The Bertz CT molecular complexity index is 250. The zero-order chi connectivity index (χ0) is 12.0. The minimum absolute atomic E-state index is 0.0198. The van der Waals surface area contributed by atoms with Crippen LogP contribution in [0.25, 0.3) is 0 Å². The van der Waals surface area contributed by atoms with Gasteiger partial charge in [-0.1, -0.05) is 0 Å². The Morgan fingerprint density at radius 3 is 2.44 bits per heavy atom. The maximum absolute atomic E-state index is 11.6. The standard InChI is InChI=1S/C11H20N2O3/c1-12(8-5-11(15)16)10(14)4-9-13-6-2-3-7-13/h2-9H2,1H3,(H,15,16). The first kappa shape index (κ1) is 13.0. The summed E-state index contributed by atoms with van der Waals surface area (Å²) in [6.45, 7) is 3.28. The van der Waals surface area contributed by atoms with Crippen molar-refractivity contribution < 1.29 is 14.7 Å². The van der Waals surface area contributed by atoms with Gasteiger partial charge in [-0.25, -0.2) is 0 Å². The van der Waals surface area contributed by atoms with E-state index in [1.54, 1.807) is 7.05 Å². The number of rotatable bonds is 6. The van der Waals surface area contributed by atoms with Crippen LogP contribution in [0.5, 0.6) is 0 Å². The smallest absolute Gasteiger partial charge is 0.305 e. The molecule has 0 atom stereocenters. The van der Waals surface area contributed by atoms with E-state index in [1.807, 2.05) is 0 Å². The molecule has 1 aliphatic rings. The molecular formula is C11H20N2O3. The maximum atomic E-state index is 11.6. The van der Waals surface area contributed by atoms with Crippen molar-refractivity contribution in [3.05, 3.63) is 0 Å². The molecule has 0 aromatic carbocycles. The Morgan fingerprint density at radius 1 is 1.25 bits per heavy atom. The highest BCUT2D eigenvalue weighted by Crippen LogP contribution is 2.07. The minimum Gasteiger partial charge on any atom is -0.481 e. The van der Waals surface area contributed by atoms with Crippen molar-refractivity contribution in [2.45, 2.75) is 25.7 Å². The summed E-state index contributed by atoms with van der Waals surface area (Å²) in [5, 5.41) is 8.50. The molecule has 0 aromatic heterocycles. The highest BCUT2D eigenvalue weighted by atomic mass is 16.4. The average Bonchev–Trinajstić information content (AvgIpc) is 2.75. The molecule has 0 unspecified atom stereocenters. The molecule has 0 bridgehead atoms. The molecule has 0 spiro atoms. The Balaban J connectivity index is 2.15. The van der Waals surface area contributed by atoms with Crippen molar-refractivity contribution in [3.63, 3.8) is 0 Å². The average molecular weight is 228 g/mol. The van der Waals surface area contributed by atoms with E-state index in [0.29, 0.717) is 13.0 Å². The highest BCUT2D eigenvalue weighted by Gasteiger charge is 2.15. The zero-order valence-electron chi connectivity index (χ0n) is 9.81. The molecule has 0 aromatic rings. The normalized spacial score (nSPS) is 16.3. The summed E-state index contributed by atoms with van der Waals surface area (Å²) in [5.74, 6) is -0.827. The van der Waals surface area contributed by atoms with E-state index in [0.717, 1.165) is 19.6 Å². The second-order valence-electron chi connectivity index (χ2n) is 4.26. The number of aliphatic carboxylic acids is 1. The fourth-order valence-corrected chi connectivity index (χ4v) is 1.84. The monoisotopic (exact) mass is 228 g/mol. The van der Waals surface area contributed by atoms with E-state index >= 15 is 0 Å². The molecular weight excluding hydrogens is 208 g/mol. The summed E-state index contributed by atoms with van der Waals surface area (Å²) in [4.78, 5) is 25.8. The second kappa shape index (κ2) is 6.48. The lowest BCUT2D eigenvalue weighted by Crippen LogP contribution is -2.32. The van der Waals surface area contributed by atoms with Gasteiger partial charge >= 0.3 is 5.97 Å². The number of hydrogen-bond donors (Lipinski definition) is 1. The van der Waals surface area contributed by atoms with E-state index in [2.05, 4.69) is 4.90 Å². The van der Waals surface area contributed by atoms with Crippen LogP contribution in [0.1, 0.15) is 25.7 Å². The number of hydrogen-bond acceptors (Lipinski definition) is 3. The first-order chi connectivity index (χ1) is 7.59. The topological polar surface area (TPSA) is 60.9 Å². The van der Waals surface area contributed by atoms with Crippen LogP contribution in [0.2, 0.25) is 0 Å². The van der Waals surface area contributed by atoms with E-state index in [4.69, 9.17) is 5.11 Å². The minimum atomic E-state index is -0.862. The van der Waals surface area contributed by atoms with Gasteiger partial charge in [0, 0.05) is 26.6 Å². The van der Waals surface area contributed by atoms with Gasteiger partial charge in [-0.3, -0.25) is 9.59 Å². The fourth-order valence-electron chi connectivity index (χ4n) is 1.84. The van der Waals surface area contributed by atoms with Crippen molar-refractivity contribution >= 4 is 11.9 Å². The SMILES string of the molecule is CN(CCC(=O)O)C(=O)CCN1CCCC1. The molecule has 0 radical (unpaired) electrons. The third-order valence-corrected chi connectivity index (χ3v) is 2.93. The molecule has 5 heteroatoms. The Hall–Kier alpha value is -1.10. The molecule has 16 heavy (non-hydrogen) atoms. The summed E-state index contributed by atoms with van der Waals surface area (Å²) in [6, 6.07) is 0. The molecule has 1 fully saturated rings. The predicted octanol–water partition coefficient (Wildman–Crippen LogP) is 0.405. The van der Waals surface area contributed by atoms with Crippen molar-refractivity contribution in [3.8, 4) is 0 Å². The van der Waals surface area contributed by atoms with Crippen LogP contribution < -0.4 is 0 Å². The van der Waals surface area contributed by atoms with Crippen LogP contribution in [0, 0.1) is 0 Å². The molecule has 1 N–H and O–H groups in total. The van der Waals surface area contributed by atoms with Crippen LogP contribution in [-0.2, 0) is 9.59 Å². The molecule has 1 rings (SSSR count). The first-order valence-corrected chi connectivity index (χ1v) is 5.77. The van der Waals surface area contributed by atoms with Gasteiger partial charge in [0.1, 0.15) is 0 Å². The quantitative estimate of drug-likeness (QED) is 0.715. The summed E-state index contributed by atoms with van der Waals surface area (Å²) in [7, 11) is 1.66. The zero-order valence-corrected chi connectivity index (χ0v) is 9.81. The third-order valence-electron chi connectivity index (χ3n) is 2.93. The first-order valence-electron chi connectivity index (χ1n) is 5.77. The number of nitrogens with zero attached hydrogens (tertiary/aromatic N) is 2. The molecule has 0 saturated carbocycles. The van der Waals surface area contributed by atoms with Crippen LogP contribution in [0.3, 0.4) is 0 Å². The van der Waals surface area contributed by atoms with E-state index in [-0.39, 0.29) is 12.3 Å². The lowest BCUT2D eigenvalue weighted by molar-refractivity contribution is -0.138. The molecule has 0 aliphatic carbocycles. The van der Waals surface area contributed by atoms with Crippen molar-refractivity contribution in [1.29, 1.82) is 0 Å². The molecule has 1 heterocycles. The number of likely N-dealkylation sites (tertiary alicyclic amines) is 1. The van der Waals surface area contributed by atoms with Gasteiger partial charge < -0.3 is 14.9 Å². The summed E-state index contributed by atoms with van der Waals surface area (Å²) in [5.41, 5.74) is 0. The number of carboxylic acids is 1. The molecule has 1 amide bonds. The lowest BCUT2D eigenvalue weighted by atomic mass is 10.3. The number of carbonyl (C=O) groups is 2. The Kier molecular flexibility index (Phi) is 5.25. The van der Waals surface area contributed by atoms with Crippen LogP contribution >= 0.6 is 0 Å². The fraction of sp³-hybridized carbons (Fsp3) is 0.818. The van der Waals surface area contributed by atoms with Crippen molar-refractivity contribution in [1.82, 2.24) is 9.80 Å². The van der Waals surface area contributed by atoms with E-state index in [9.17, 15) is 9.59 Å².